The Hall–Kier alpha value is -1.12. The van der Waals surface area contributed by atoms with Gasteiger partial charge in [0.1, 0.15) is 6.20 Å². The summed E-state index contributed by atoms with van der Waals surface area (Å²) in [7, 11) is 0. The lowest BCUT2D eigenvalue weighted by molar-refractivity contribution is 0.572. The van der Waals surface area contributed by atoms with Gasteiger partial charge in [-0.25, -0.2) is 9.97 Å². The van der Waals surface area contributed by atoms with E-state index in [4.69, 9.17) is 0 Å². The first-order valence-electron chi connectivity index (χ1n) is 4.82. The van der Waals surface area contributed by atoms with Gasteiger partial charge < -0.3 is 4.90 Å². The van der Waals surface area contributed by atoms with E-state index in [1.165, 1.54) is 19.3 Å². The minimum absolute atomic E-state index is 0.916. The molecule has 1 radical (unpaired) electrons. The summed E-state index contributed by atoms with van der Waals surface area (Å²) < 4.78 is 0. The molecule has 3 heteroatoms. The molecule has 69 valence electrons. The topological polar surface area (TPSA) is 29.0 Å². The predicted octanol–water partition coefficient (Wildman–Crippen LogP) is 1.58. The number of piperidine rings is 1. The van der Waals surface area contributed by atoms with Crippen molar-refractivity contribution in [3.05, 3.63) is 18.1 Å². The van der Waals surface area contributed by atoms with Crippen LogP contribution in [-0.4, -0.2) is 23.1 Å². The Balaban J connectivity index is 2.14. The Morgan fingerprint density at radius 3 is 2.77 bits per heavy atom. The number of aromatic nitrogens is 2. The van der Waals surface area contributed by atoms with E-state index in [0.717, 1.165) is 24.6 Å². The molecule has 0 atom stereocenters. The van der Waals surface area contributed by atoms with Crippen molar-refractivity contribution >= 4 is 5.82 Å². The molecule has 1 aliphatic rings. The zero-order chi connectivity index (χ0) is 9.10. The molecule has 1 saturated heterocycles. The van der Waals surface area contributed by atoms with Crippen LogP contribution in [0.3, 0.4) is 0 Å². The van der Waals surface area contributed by atoms with E-state index in [1.54, 1.807) is 6.20 Å². The van der Waals surface area contributed by atoms with Crippen molar-refractivity contribution in [2.24, 2.45) is 0 Å². The summed E-state index contributed by atoms with van der Waals surface area (Å²) in [6.07, 6.45) is 8.56. The van der Waals surface area contributed by atoms with Crippen LogP contribution in [0.5, 0.6) is 0 Å². The molecule has 0 aromatic carbocycles. The summed E-state index contributed by atoms with van der Waals surface area (Å²) >= 11 is 0. The van der Waals surface area contributed by atoms with Crippen LogP contribution in [0.25, 0.3) is 0 Å². The molecule has 1 aromatic rings. The predicted molar refractivity (Wildman–Crippen MR) is 51.7 cm³/mol. The van der Waals surface area contributed by atoms with Gasteiger partial charge in [-0.3, -0.25) is 0 Å². The van der Waals surface area contributed by atoms with Gasteiger partial charge in [0.05, 0.1) is 5.69 Å². The molecule has 3 nitrogen and oxygen atoms in total. The first kappa shape index (κ1) is 8.48. The maximum absolute atomic E-state index is 4.40. The number of anilines is 1. The third kappa shape index (κ3) is 1.97. The van der Waals surface area contributed by atoms with Crippen LogP contribution in [0.15, 0.2) is 6.20 Å². The van der Waals surface area contributed by atoms with E-state index < -0.39 is 0 Å². The number of hydrogen-bond acceptors (Lipinski definition) is 3. The van der Waals surface area contributed by atoms with Gasteiger partial charge in [-0.2, -0.15) is 0 Å². The molecule has 1 fully saturated rings. The van der Waals surface area contributed by atoms with Gasteiger partial charge >= 0.3 is 0 Å². The Morgan fingerprint density at radius 2 is 2.08 bits per heavy atom. The van der Waals surface area contributed by atoms with Crippen LogP contribution < -0.4 is 4.90 Å². The highest BCUT2D eigenvalue weighted by atomic mass is 15.2. The second-order valence-corrected chi connectivity index (χ2v) is 3.49. The van der Waals surface area contributed by atoms with Crippen molar-refractivity contribution in [1.82, 2.24) is 9.97 Å². The molecule has 0 saturated carbocycles. The largest absolute Gasteiger partial charge is 0.355 e. The van der Waals surface area contributed by atoms with Gasteiger partial charge in [-0.1, -0.05) is 0 Å². The third-order valence-corrected chi connectivity index (χ3v) is 2.35. The summed E-state index contributed by atoms with van der Waals surface area (Å²) in [5.74, 6) is 0.916. The molecule has 2 heterocycles. The second-order valence-electron chi connectivity index (χ2n) is 3.49. The van der Waals surface area contributed by atoms with E-state index in [-0.39, 0.29) is 0 Å². The Bertz CT molecular complexity index is 279. The number of aryl methyl sites for hydroxylation is 1. The van der Waals surface area contributed by atoms with Crippen molar-refractivity contribution in [1.29, 1.82) is 0 Å². The zero-order valence-corrected chi connectivity index (χ0v) is 7.95. The zero-order valence-electron chi connectivity index (χ0n) is 7.95. The van der Waals surface area contributed by atoms with Gasteiger partial charge in [-0.05, 0) is 26.2 Å². The fourth-order valence-electron chi connectivity index (χ4n) is 1.65. The standard InChI is InChI=1S/C10H14N3/c1-9-7-11-8-10(12-9)13-5-3-2-4-6-13/h7H,2-6H2,1H3. The van der Waals surface area contributed by atoms with Crippen molar-refractivity contribution in [3.63, 3.8) is 0 Å². The van der Waals surface area contributed by atoms with Crippen LogP contribution in [0.1, 0.15) is 25.0 Å². The molecule has 0 bridgehead atoms. The molecule has 2 rings (SSSR count). The van der Waals surface area contributed by atoms with Crippen molar-refractivity contribution in [2.75, 3.05) is 18.0 Å². The van der Waals surface area contributed by atoms with Crippen LogP contribution in [0.4, 0.5) is 5.82 Å². The third-order valence-electron chi connectivity index (χ3n) is 2.35. The highest BCUT2D eigenvalue weighted by Crippen LogP contribution is 2.15. The molecule has 1 aliphatic heterocycles. The minimum atomic E-state index is 0.916. The minimum Gasteiger partial charge on any atom is -0.355 e. The van der Waals surface area contributed by atoms with Crippen LogP contribution in [-0.2, 0) is 0 Å². The van der Waals surface area contributed by atoms with E-state index in [2.05, 4.69) is 21.1 Å². The Kier molecular flexibility index (Phi) is 2.43. The number of rotatable bonds is 1. The molecule has 0 spiro atoms. The summed E-state index contributed by atoms with van der Waals surface area (Å²) in [4.78, 5) is 10.7. The molecule has 0 unspecified atom stereocenters. The van der Waals surface area contributed by atoms with Crippen LogP contribution in [0, 0.1) is 13.1 Å². The summed E-state index contributed by atoms with van der Waals surface area (Å²) in [6.45, 7) is 4.18. The Labute approximate surface area is 78.8 Å². The van der Waals surface area contributed by atoms with E-state index in [9.17, 15) is 0 Å². The Morgan fingerprint density at radius 1 is 1.31 bits per heavy atom. The van der Waals surface area contributed by atoms with Gasteiger partial charge in [0, 0.05) is 19.3 Å². The second kappa shape index (κ2) is 3.73. The van der Waals surface area contributed by atoms with Crippen molar-refractivity contribution in [3.8, 4) is 0 Å². The van der Waals surface area contributed by atoms with Gasteiger partial charge in [0.25, 0.3) is 0 Å². The van der Waals surface area contributed by atoms with E-state index in [1.807, 2.05) is 6.92 Å². The fourth-order valence-corrected chi connectivity index (χ4v) is 1.65. The van der Waals surface area contributed by atoms with Gasteiger partial charge in [0.15, 0.2) is 5.82 Å². The average Bonchev–Trinajstić information content (AvgIpc) is 2.19. The van der Waals surface area contributed by atoms with Crippen molar-refractivity contribution < 1.29 is 0 Å². The quantitative estimate of drug-likeness (QED) is 0.650. The smallest absolute Gasteiger partial charge is 0.157 e. The van der Waals surface area contributed by atoms with Gasteiger partial charge in [-0.15, -0.1) is 0 Å². The van der Waals surface area contributed by atoms with Crippen LogP contribution >= 0.6 is 0 Å². The monoisotopic (exact) mass is 176 g/mol. The number of nitrogens with zero attached hydrogens (tertiary/aromatic N) is 3. The summed E-state index contributed by atoms with van der Waals surface area (Å²) in [5.41, 5.74) is 0.972. The SMILES string of the molecule is Cc1cn[c]c(N2CCCCC2)n1. The summed E-state index contributed by atoms with van der Waals surface area (Å²) in [5, 5.41) is 0. The molecular weight excluding hydrogens is 162 g/mol. The average molecular weight is 176 g/mol. The highest BCUT2D eigenvalue weighted by Gasteiger charge is 2.12. The lowest BCUT2D eigenvalue weighted by Gasteiger charge is -2.27. The normalized spacial score (nSPS) is 17.5. The number of hydrogen-bond donors (Lipinski definition) is 0. The van der Waals surface area contributed by atoms with Gasteiger partial charge in [0.2, 0.25) is 0 Å². The molecule has 0 amide bonds. The molecule has 0 aliphatic carbocycles. The maximum Gasteiger partial charge on any atom is 0.157 e. The first-order valence-corrected chi connectivity index (χ1v) is 4.82. The molecule has 13 heavy (non-hydrogen) atoms. The lowest BCUT2D eigenvalue weighted by atomic mass is 10.1. The lowest BCUT2D eigenvalue weighted by Crippen LogP contribution is -2.30. The highest BCUT2D eigenvalue weighted by molar-refractivity contribution is 5.35. The van der Waals surface area contributed by atoms with E-state index >= 15 is 0 Å². The molecule has 1 aromatic heterocycles. The summed E-state index contributed by atoms with van der Waals surface area (Å²) in [6, 6.07) is 0. The molecular formula is C10H14N3. The fraction of sp³-hybridized carbons (Fsp3) is 0.600. The van der Waals surface area contributed by atoms with Crippen molar-refractivity contribution in [2.45, 2.75) is 26.2 Å². The van der Waals surface area contributed by atoms with Crippen LogP contribution in [0.2, 0.25) is 0 Å². The first-order chi connectivity index (χ1) is 6.36. The van der Waals surface area contributed by atoms with E-state index in [0.29, 0.717) is 0 Å². The molecule has 0 N–H and O–H groups in total. The maximum atomic E-state index is 4.40.